The highest BCUT2D eigenvalue weighted by molar-refractivity contribution is 5.71. The Labute approximate surface area is 175 Å². The van der Waals surface area contributed by atoms with Crippen molar-refractivity contribution in [2.75, 3.05) is 13.2 Å². The lowest BCUT2D eigenvalue weighted by molar-refractivity contribution is -0.145. The second kappa shape index (κ2) is 9.07. The lowest BCUT2D eigenvalue weighted by Crippen LogP contribution is -2.24. The van der Waals surface area contributed by atoms with Gasteiger partial charge in [0.1, 0.15) is 12.1 Å². The van der Waals surface area contributed by atoms with Crippen LogP contribution in [0.15, 0.2) is 53.6 Å². The van der Waals surface area contributed by atoms with Crippen molar-refractivity contribution in [1.82, 2.24) is 14.3 Å². The third-order valence-corrected chi connectivity index (χ3v) is 4.43. The van der Waals surface area contributed by atoms with Crippen LogP contribution in [0.3, 0.4) is 0 Å². The molecule has 1 heterocycles. The van der Waals surface area contributed by atoms with E-state index < -0.39 is 23.4 Å². The number of alkyl halides is 3. The Bertz CT molecular complexity index is 1120. The predicted octanol–water partition coefficient (Wildman–Crippen LogP) is 3.35. The number of aryl methyl sites for hydroxylation is 1. The molecule has 0 N–H and O–H groups in total. The third kappa shape index (κ3) is 5.33. The third-order valence-electron chi connectivity index (χ3n) is 4.43. The lowest BCUT2D eigenvalue weighted by atomic mass is 10.1. The van der Waals surface area contributed by atoms with E-state index >= 15 is 0 Å². The van der Waals surface area contributed by atoms with Gasteiger partial charge in [0, 0.05) is 0 Å². The Morgan fingerprint density at radius 3 is 2.45 bits per heavy atom. The Morgan fingerprint density at radius 1 is 1.13 bits per heavy atom. The molecule has 31 heavy (non-hydrogen) atoms. The van der Waals surface area contributed by atoms with Crippen LogP contribution in [0.4, 0.5) is 13.2 Å². The van der Waals surface area contributed by atoms with Gasteiger partial charge in [-0.15, -0.1) is 0 Å². The quantitative estimate of drug-likeness (QED) is 0.532. The number of hydrogen-bond donors (Lipinski definition) is 0. The van der Waals surface area contributed by atoms with Crippen molar-refractivity contribution in [1.29, 1.82) is 0 Å². The summed E-state index contributed by atoms with van der Waals surface area (Å²) in [6.45, 7) is 3.73. The first-order valence-electron chi connectivity index (χ1n) is 9.39. The molecular weight excluding hydrogens is 415 g/mol. The minimum absolute atomic E-state index is 0.158. The highest BCUT2D eigenvalue weighted by Gasteiger charge is 2.30. The van der Waals surface area contributed by atoms with E-state index in [9.17, 15) is 22.8 Å². The lowest BCUT2D eigenvalue weighted by Gasteiger charge is -2.10. The molecule has 0 radical (unpaired) electrons. The Hall–Kier alpha value is -3.56. The summed E-state index contributed by atoms with van der Waals surface area (Å²) in [5.41, 5.74) is 0.526. The standard InChI is InChI=1S/C21H20F3N3O4/c1-3-30-19(28)12-31-18-9-4-15(10-14(18)2)11-27-20(29)26(13-25-27)17-7-5-16(6-8-17)21(22,23)24/h4-10,13H,3,11-12H2,1-2H3. The molecule has 0 aliphatic rings. The Morgan fingerprint density at radius 2 is 1.84 bits per heavy atom. The molecule has 3 rings (SSSR count). The van der Waals surface area contributed by atoms with E-state index in [1.165, 1.54) is 27.7 Å². The molecule has 0 bridgehead atoms. The zero-order valence-corrected chi connectivity index (χ0v) is 16.8. The maximum atomic E-state index is 12.7. The molecule has 3 aromatic rings. The molecule has 10 heteroatoms. The zero-order valence-electron chi connectivity index (χ0n) is 16.8. The summed E-state index contributed by atoms with van der Waals surface area (Å²) in [5.74, 6) is 0.0470. The van der Waals surface area contributed by atoms with Crippen molar-refractivity contribution < 1.29 is 27.4 Å². The molecule has 0 atom stereocenters. The summed E-state index contributed by atoms with van der Waals surface area (Å²) in [7, 11) is 0. The molecule has 0 aliphatic carbocycles. The molecule has 1 aromatic heterocycles. The van der Waals surface area contributed by atoms with Gasteiger partial charge in [-0.2, -0.15) is 18.3 Å². The number of ether oxygens (including phenoxy) is 2. The zero-order chi connectivity index (χ0) is 22.6. The van der Waals surface area contributed by atoms with E-state index in [0.29, 0.717) is 5.75 Å². The average Bonchev–Trinajstić information content (AvgIpc) is 3.07. The van der Waals surface area contributed by atoms with Crippen LogP contribution < -0.4 is 10.4 Å². The van der Waals surface area contributed by atoms with Crippen molar-refractivity contribution >= 4 is 5.97 Å². The SMILES string of the molecule is CCOC(=O)COc1ccc(Cn2ncn(-c3ccc(C(F)(F)F)cc3)c2=O)cc1C. The van der Waals surface area contributed by atoms with E-state index in [1.807, 2.05) is 0 Å². The van der Waals surface area contributed by atoms with Crippen LogP contribution in [0.1, 0.15) is 23.6 Å². The van der Waals surface area contributed by atoms with Crippen LogP contribution >= 0.6 is 0 Å². The fourth-order valence-corrected chi connectivity index (χ4v) is 2.92. The summed E-state index contributed by atoms with van der Waals surface area (Å²) in [6, 6.07) is 9.48. The maximum Gasteiger partial charge on any atom is 0.416 e. The number of halogens is 3. The van der Waals surface area contributed by atoms with Gasteiger partial charge >= 0.3 is 17.8 Å². The van der Waals surface area contributed by atoms with Crippen LogP contribution in [0.2, 0.25) is 0 Å². The summed E-state index contributed by atoms with van der Waals surface area (Å²) in [5, 5.41) is 4.04. The van der Waals surface area contributed by atoms with Gasteiger partial charge in [-0.1, -0.05) is 12.1 Å². The van der Waals surface area contributed by atoms with E-state index in [2.05, 4.69) is 5.10 Å². The van der Waals surface area contributed by atoms with E-state index in [1.54, 1.807) is 32.0 Å². The normalized spacial score (nSPS) is 11.4. The van der Waals surface area contributed by atoms with Gasteiger partial charge < -0.3 is 9.47 Å². The van der Waals surface area contributed by atoms with E-state index in [4.69, 9.17) is 9.47 Å². The Balaban J connectivity index is 1.73. The van der Waals surface area contributed by atoms with Crippen molar-refractivity contribution in [2.45, 2.75) is 26.6 Å². The van der Waals surface area contributed by atoms with Gasteiger partial charge in [0.25, 0.3) is 0 Å². The highest BCUT2D eigenvalue weighted by atomic mass is 19.4. The fourth-order valence-electron chi connectivity index (χ4n) is 2.92. The number of hydrogen-bond acceptors (Lipinski definition) is 5. The van der Waals surface area contributed by atoms with Gasteiger partial charge in [0.15, 0.2) is 6.61 Å². The van der Waals surface area contributed by atoms with Crippen LogP contribution in [0.25, 0.3) is 5.69 Å². The Kier molecular flexibility index (Phi) is 6.47. The van der Waals surface area contributed by atoms with Gasteiger partial charge in [0.2, 0.25) is 0 Å². The van der Waals surface area contributed by atoms with E-state index in [0.717, 1.165) is 23.3 Å². The molecule has 2 aromatic carbocycles. The number of benzene rings is 2. The molecule has 0 spiro atoms. The molecule has 0 saturated carbocycles. The first-order chi connectivity index (χ1) is 14.7. The number of rotatable bonds is 7. The molecule has 0 saturated heterocycles. The van der Waals surface area contributed by atoms with Crippen LogP contribution in [0.5, 0.6) is 5.75 Å². The molecule has 0 fully saturated rings. The smallest absolute Gasteiger partial charge is 0.416 e. The van der Waals surface area contributed by atoms with Crippen LogP contribution in [-0.2, 0) is 22.3 Å². The molecule has 0 amide bonds. The first-order valence-corrected chi connectivity index (χ1v) is 9.39. The number of nitrogens with zero attached hydrogens (tertiary/aromatic N) is 3. The van der Waals surface area contributed by atoms with Crippen LogP contribution in [0, 0.1) is 6.92 Å². The average molecular weight is 435 g/mol. The minimum Gasteiger partial charge on any atom is -0.482 e. The maximum absolute atomic E-state index is 12.7. The van der Waals surface area contributed by atoms with E-state index in [-0.39, 0.29) is 25.4 Å². The largest absolute Gasteiger partial charge is 0.482 e. The molecule has 7 nitrogen and oxygen atoms in total. The fraction of sp³-hybridized carbons (Fsp3) is 0.286. The van der Waals surface area contributed by atoms with Crippen molar-refractivity contribution in [3.63, 3.8) is 0 Å². The summed E-state index contributed by atoms with van der Waals surface area (Å²) in [6.07, 6.45) is -3.19. The second-order valence-corrected chi connectivity index (χ2v) is 6.68. The number of carbonyl (C=O) groups is 1. The first kappa shape index (κ1) is 22.1. The summed E-state index contributed by atoms with van der Waals surface area (Å²) < 4.78 is 50.8. The molecule has 0 unspecified atom stereocenters. The number of carbonyl (C=O) groups excluding carboxylic acids is 1. The highest BCUT2D eigenvalue weighted by Crippen LogP contribution is 2.29. The predicted molar refractivity (Wildman–Crippen MR) is 105 cm³/mol. The minimum atomic E-state index is -4.45. The second-order valence-electron chi connectivity index (χ2n) is 6.68. The molecule has 164 valence electrons. The molecular formula is C21H20F3N3O4. The topological polar surface area (TPSA) is 75.3 Å². The van der Waals surface area contributed by atoms with Gasteiger partial charge in [-0.3, -0.25) is 0 Å². The van der Waals surface area contributed by atoms with Gasteiger partial charge in [-0.05, 0) is 55.3 Å². The van der Waals surface area contributed by atoms with Gasteiger partial charge in [0.05, 0.1) is 24.4 Å². The summed E-state index contributed by atoms with van der Waals surface area (Å²) >= 11 is 0. The number of esters is 1. The monoisotopic (exact) mass is 435 g/mol. The van der Waals surface area contributed by atoms with Crippen molar-refractivity contribution in [3.05, 3.63) is 76.0 Å². The van der Waals surface area contributed by atoms with Gasteiger partial charge in [-0.25, -0.2) is 18.8 Å². The summed E-state index contributed by atoms with van der Waals surface area (Å²) in [4.78, 5) is 24.0. The van der Waals surface area contributed by atoms with Crippen molar-refractivity contribution in [2.24, 2.45) is 0 Å². The number of aromatic nitrogens is 3. The van der Waals surface area contributed by atoms with Crippen LogP contribution in [-0.4, -0.2) is 33.5 Å². The van der Waals surface area contributed by atoms with Crippen molar-refractivity contribution in [3.8, 4) is 11.4 Å². The molecule has 0 aliphatic heterocycles.